The lowest BCUT2D eigenvalue weighted by atomic mass is 10.1. The Balaban J connectivity index is 2.32. The number of hydrogen-bond acceptors (Lipinski definition) is 0. The molecule has 4 rings (SSSR count). The first-order chi connectivity index (χ1) is 8.92. The van der Waals surface area contributed by atoms with Crippen LogP contribution in [0.15, 0.2) is 67.1 Å². The molecule has 0 unspecified atom stereocenters. The van der Waals surface area contributed by atoms with Gasteiger partial charge >= 0.3 is 0 Å². The second-order valence-electron chi connectivity index (χ2n) is 4.50. The zero-order valence-corrected chi connectivity index (χ0v) is 9.80. The molecule has 1 aromatic carbocycles. The summed E-state index contributed by atoms with van der Waals surface area (Å²) in [7, 11) is 0. The Hall–Kier alpha value is -2.48. The maximum absolute atomic E-state index is 3.32. The molecule has 4 aromatic rings. The average Bonchev–Trinajstić information content (AvgIpc) is 3.00. The van der Waals surface area contributed by atoms with Gasteiger partial charge in [-0.25, -0.2) is 0 Å². The highest BCUT2D eigenvalue weighted by atomic mass is 14.8. The van der Waals surface area contributed by atoms with Crippen molar-refractivity contribution >= 4 is 27.2 Å². The molecule has 2 heteroatoms. The molecule has 0 aliphatic rings. The van der Waals surface area contributed by atoms with Gasteiger partial charge in [0, 0.05) is 40.4 Å². The smallest absolute Gasteiger partial charge is 0.0466 e. The van der Waals surface area contributed by atoms with Crippen LogP contribution in [0.2, 0.25) is 0 Å². The van der Waals surface area contributed by atoms with E-state index in [4.69, 9.17) is 0 Å². The fourth-order valence-electron chi connectivity index (χ4n) is 2.53. The Morgan fingerprint density at radius 1 is 0.778 bits per heavy atom. The van der Waals surface area contributed by atoms with Gasteiger partial charge in [-0.05, 0) is 35.7 Å². The minimum Gasteiger partial charge on any atom is -0.361 e. The van der Waals surface area contributed by atoms with E-state index in [0.29, 0.717) is 0 Å². The number of rotatable bonds is 0. The monoisotopic (exact) mass is 232 g/mol. The minimum absolute atomic E-state index is 1.18. The second kappa shape index (κ2) is 3.50. The van der Waals surface area contributed by atoms with Gasteiger partial charge in [0.1, 0.15) is 0 Å². The topological polar surface area (TPSA) is 20.2 Å². The fourth-order valence-corrected chi connectivity index (χ4v) is 2.53. The second-order valence-corrected chi connectivity index (χ2v) is 4.50. The first-order valence-corrected chi connectivity index (χ1v) is 6.05. The molecule has 0 aliphatic carbocycles. The predicted molar refractivity (Wildman–Crippen MR) is 75.6 cm³/mol. The van der Waals surface area contributed by atoms with E-state index >= 15 is 0 Å². The largest absolute Gasteiger partial charge is 0.361 e. The van der Waals surface area contributed by atoms with E-state index in [9.17, 15) is 0 Å². The summed E-state index contributed by atoms with van der Waals surface area (Å²) in [5.41, 5.74) is 2.37. The van der Waals surface area contributed by atoms with E-state index in [0.717, 1.165) is 0 Å². The number of aromatic amines is 1. The van der Waals surface area contributed by atoms with Gasteiger partial charge in [-0.1, -0.05) is 18.2 Å². The van der Waals surface area contributed by atoms with Crippen molar-refractivity contribution in [1.82, 2.24) is 9.38 Å². The molecule has 0 saturated heterocycles. The number of benzene rings is 1. The van der Waals surface area contributed by atoms with Gasteiger partial charge in [-0.15, -0.1) is 0 Å². The van der Waals surface area contributed by atoms with Crippen LogP contribution in [-0.2, 0) is 0 Å². The maximum atomic E-state index is 3.32. The summed E-state index contributed by atoms with van der Waals surface area (Å²) in [5, 5.41) is 3.77. The van der Waals surface area contributed by atoms with Crippen LogP contribution in [0, 0.1) is 0 Å². The third-order valence-corrected chi connectivity index (χ3v) is 3.43. The van der Waals surface area contributed by atoms with Gasteiger partial charge in [-0.2, -0.15) is 0 Å². The molecule has 0 saturated carbocycles. The summed E-state index contributed by atoms with van der Waals surface area (Å²) in [6.07, 6.45) is 6.24. The molecular formula is C16H12N2. The summed E-state index contributed by atoms with van der Waals surface area (Å²) in [5.74, 6) is 0. The van der Waals surface area contributed by atoms with Gasteiger partial charge in [0.25, 0.3) is 0 Å². The van der Waals surface area contributed by atoms with E-state index in [1.165, 1.54) is 27.2 Å². The first kappa shape index (κ1) is 9.54. The Bertz CT molecular complexity index is 871. The number of H-pyrrole nitrogens is 1. The van der Waals surface area contributed by atoms with Crippen LogP contribution in [-0.4, -0.2) is 9.38 Å². The lowest BCUT2D eigenvalue weighted by molar-refractivity contribution is 1.21. The molecule has 0 amide bonds. The minimum atomic E-state index is 1.18. The fraction of sp³-hybridized carbons (Fsp3) is 0. The zero-order chi connectivity index (χ0) is 11.9. The van der Waals surface area contributed by atoms with Crippen molar-refractivity contribution in [3.8, 4) is 0 Å². The molecule has 0 fully saturated rings. The van der Waals surface area contributed by atoms with Gasteiger partial charge in [0.2, 0.25) is 0 Å². The molecule has 0 bridgehead atoms. The zero-order valence-electron chi connectivity index (χ0n) is 9.80. The van der Waals surface area contributed by atoms with Crippen molar-refractivity contribution in [3.63, 3.8) is 0 Å². The van der Waals surface area contributed by atoms with Crippen LogP contribution in [0.1, 0.15) is 0 Å². The van der Waals surface area contributed by atoms with Crippen LogP contribution in [0.5, 0.6) is 0 Å². The molecule has 18 heavy (non-hydrogen) atoms. The summed E-state index contributed by atoms with van der Waals surface area (Å²) in [6, 6.07) is 17.0. The van der Waals surface area contributed by atoms with Crippen molar-refractivity contribution in [3.05, 3.63) is 67.1 Å². The molecule has 3 heterocycles. The van der Waals surface area contributed by atoms with Crippen LogP contribution >= 0.6 is 0 Å². The first-order valence-electron chi connectivity index (χ1n) is 6.05. The molecule has 3 aromatic heterocycles. The van der Waals surface area contributed by atoms with E-state index in [-0.39, 0.29) is 0 Å². The number of fused-ring (bicyclic) bond motifs is 1. The van der Waals surface area contributed by atoms with Gasteiger partial charge in [0.15, 0.2) is 0 Å². The third-order valence-electron chi connectivity index (χ3n) is 3.43. The standard InChI is InChI=1S/C16H12N2/c1-3-12-8-10-18-9-2-4-14(18)7-6-13-11-17-15(5-1)16(12)13/h1-11,17H. The molecule has 2 nitrogen and oxygen atoms in total. The molecule has 0 spiro atoms. The van der Waals surface area contributed by atoms with Crippen LogP contribution in [0.25, 0.3) is 27.2 Å². The van der Waals surface area contributed by atoms with Crippen molar-refractivity contribution in [2.45, 2.75) is 0 Å². The quantitative estimate of drug-likeness (QED) is 0.470. The molecular weight excluding hydrogens is 220 g/mol. The Labute approximate surface area is 104 Å². The Kier molecular flexibility index (Phi) is 1.86. The van der Waals surface area contributed by atoms with Gasteiger partial charge in [-0.3, -0.25) is 0 Å². The number of nitrogens with one attached hydrogen (secondary N) is 1. The van der Waals surface area contributed by atoms with Crippen LogP contribution in [0.4, 0.5) is 0 Å². The normalized spacial score (nSPS) is 11.3. The SMILES string of the molecule is c1cc2ccn3cccc3ccc3c[nH]c(c1)c23. The number of nitrogens with zero attached hydrogens (tertiary/aromatic N) is 1. The van der Waals surface area contributed by atoms with Crippen molar-refractivity contribution < 1.29 is 0 Å². The van der Waals surface area contributed by atoms with Crippen molar-refractivity contribution in [1.29, 1.82) is 0 Å². The van der Waals surface area contributed by atoms with Crippen LogP contribution < -0.4 is 0 Å². The van der Waals surface area contributed by atoms with Gasteiger partial charge in [0.05, 0.1) is 0 Å². The highest BCUT2D eigenvalue weighted by molar-refractivity contribution is 6.08. The number of hydrogen-bond donors (Lipinski definition) is 1. The molecule has 1 N–H and O–H groups in total. The van der Waals surface area contributed by atoms with Crippen molar-refractivity contribution in [2.24, 2.45) is 0 Å². The lowest BCUT2D eigenvalue weighted by Crippen LogP contribution is -1.73. The highest BCUT2D eigenvalue weighted by Crippen LogP contribution is 2.24. The Morgan fingerprint density at radius 2 is 1.78 bits per heavy atom. The summed E-state index contributed by atoms with van der Waals surface area (Å²) in [4.78, 5) is 3.32. The molecule has 0 atom stereocenters. The third kappa shape index (κ3) is 1.29. The summed E-state index contributed by atoms with van der Waals surface area (Å²) in [6.45, 7) is 0. The lowest BCUT2D eigenvalue weighted by Gasteiger charge is -1.92. The van der Waals surface area contributed by atoms with E-state index in [1.54, 1.807) is 0 Å². The highest BCUT2D eigenvalue weighted by Gasteiger charge is 2.00. The summed E-state index contributed by atoms with van der Waals surface area (Å²) >= 11 is 0. The van der Waals surface area contributed by atoms with E-state index < -0.39 is 0 Å². The van der Waals surface area contributed by atoms with E-state index in [1.807, 2.05) is 0 Å². The summed E-state index contributed by atoms with van der Waals surface area (Å²) < 4.78 is 2.13. The van der Waals surface area contributed by atoms with Crippen LogP contribution in [0.3, 0.4) is 0 Å². The van der Waals surface area contributed by atoms with Crippen molar-refractivity contribution in [2.75, 3.05) is 0 Å². The average molecular weight is 232 g/mol. The Morgan fingerprint density at radius 3 is 2.78 bits per heavy atom. The van der Waals surface area contributed by atoms with E-state index in [2.05, 4.69) is 76.5 Å². The predicted octanol–water partition coefficient (Wildman–Crippen LogP) is 4.14. The molecule has 0 radical (unpaired) electrons. The molecule has 86 valence electrons. The molecule has 0 aliphatic heterocycles. The van der Waals surface area contributed by atoms with Gasteiger partial charge < -0.3 is 9.38 Å². The maximum Gasteiger partial charge on any atom is 0.0466 e. The number of aromatic nitrogens is 2.